The van der Waals surface area contributed by atoms with Crippen molar-refractivity contribution in [1.82, 2.24) is 9.88 Å². The molecular formula is C19H19N3O3S. The van der Waals surface area contributed by atoms with Crippen LogP contribution in [0.3, 0.4) is 0 Å². The molecule has 0 spiro atoms. The Balaban J connectivity index is 1.44. The van der Waals surface area contributed by atoms with Crippen LogP contribution in [0.5, 0.6) is 0 Å². The highest BCUT2D eigenvalue weighted by Crippen LogP contribution is 2.24. The van der Waals surface area contributed by atoms with Gasteiger partial charge in [-0.05, 0) is 42.5 Å². The average molecular weight is 369 g/mol. The Kier molecular flexibility index (Phi) is 4.46. The van der Waals surface area contributed by atoms with Crippen LogP contribution in [0, 0.1) is 12.8 Å². The number of aryl methyl sites for hydroxylation is 1. The van der Waals surface area contributed by atoms with Gasteiger partial charge in [-0.3, -0.25) is 9.59 Å². The number of amides is 2. The van der Waals surface area contributed by atoms with Crippen molar-refractivity contribution in [3.8, 4) is 0 Å². The number of likely N-dealkylation sites (tertiary alicyclic amines) is 1. The maximum absolute atomic E-state index is 12.7. The second kappa shape index (κ2) is 6.92. The first kappa shape index (κ1) is 16.8. The van der Waals surface area contributed by atoms with Crippen LogP contribution in [0.25, 0.3) is 11.1 Å². The van der Waals surface area contributed by atoms with Gasteiger partial charge in [-0.1, -0.05) is 6.07 Å². The number of aromatic nitrogens is 1. The largest absolute Gasteiger partial charge is 0.441 e. The van der Waals surface area contributed by atoms with Gasteiger partial charge in [0.25, 0.3) is 5.91 Å². The van der Waals surface area contributed by atoms with Gasteiger partial charge < -0.3 is 14.6 Å². The van der Waals surface area contributed by atoms with E-state index >= 15 is 0 Å². The molecule has 1 N–H and O–H groups in total. The van der Waals surface area contributed by atoms with Crippen LogP contribution < -0.4 is 5.32 Å². The molecule has 1 atom stereocenters. The van der Waals surface area contributed by atoms with Gasteiger partial charge in [0.15, 0.2) is 11.5 Å². The highest BCUT2D eigenvalue weighted by Gasteiger charge is 2.29. The predicted octanol–water partition coefficient (Wildman–Crippen LogP) is 3.69. The van der Waals surface area contributed by atoms with E-state index in [2.05, 4.69) is 10.3 Å². The summed E-state index contributed by atoms with van der Waals surface area (Å²) in [6, 6.07) is 9.11. The molecule has 1 saturated heterocycles. The molecule has 1 fully saturated rings. The van der Waals surface area contributed by atoms with Gasteiger partial charge in [-0.15, -0.1) is 11.3 Å². The molecule has 134 valence electrons. The van der Waals surface area contributed by atoms with Gasteiger partial charge in [0.1, 0.15) is 5.52 Å². The molecule has 0 bridgehead atoms. The first-order valence-corrected chi connectivity index (χ1v) is 9.49. The van der Waals surface area contributed by atoms with Crippen LogP contribution in [-0.2, 0) is 4.79 Å². The van der Waals surface area contributed by atoms with Gasteiger partial charge in [0.2, 0.25) is 5.91 Å². The highest BCUT2D eigenvalue weighted by molar-refractivity contribution is 7.12. The van der Waals surface area contributed by atoms with Gasteiger partial charge in [-0.25, -0.2) is 4.98 Å². The number of benzene rings is 1. The third kappa shape index (κ3) is 3.35. The smallest absolute Gasteiger partial charge is 0.263 e. The number of anilines is 1. The molecule has 6 nitrogen and oxygen atoms in total. The fraction of sp³-hybridized carbons (Fsp3) is 0.316. The summed E-state index contributed by atoms with van der Waals surface area (Å²) in [5, 5.41) is 4.84. The SMILES string of the molecule is Cc1nc2cc(NC(=O)C3CCCN(C(=O)c4cccs4)C3)ccc2o1. The van der Waals surface area contributed by atoms with E-state index in [-0.39, 0.29) is 17.7 Å². The van der Waals surface area contributed by atoms with Gasteiger partial charge >= 0.3 is 0 Å². The Morgan fingerprint density at radius 2 is 2.23 bits per heavy atom. The number of nitrogens with zero attached hydrogens (tertiary/aromatic N) is 2. The summed E-state index contributed by atoms with van der Waals surface area (Å²) < 4.78 is 5.45. The predicted molar refractivity (Wildman–Crippen MR) is 100 cm³/mol. The van der Waals surface area contributed by atoms with E-state index in [0.29, 0.717) is 30.3 Å². The lowest BCUT2D eigenvalue weighted by Gasteiger charge is -2.31. The number of carbonyl (C=O) groups is 2. The van der Waals surface area contributed by atoms with E-state index in [1.165, 1.54) is 11.3 Å². The number of hydrogen-bond acceptors (Lipinski definition) is 5. The number of nitrogens with one attached hydrogen (secondary N) is 1. The fourth-order valence-electron chi connectivity index (χ4n) is 3.30. The van der Waals surface area contributed by atoms with Crippen molar-refractivity contribution < 1.29 is 14.0 Å². The zero-order valence-electron chi connectivity index (χ0n) is 14.4. The lowest BCUT2D eigenvalue weighted by Crippen LogP contribution is -2.43. The maximum atomic E-state index is 12.7. The Morgan fingerprint density at radius 3 is 3.04 bits per heavy atom. The standard InChI is InChI=1S/C19H19N3O3S/c1-12-20-15-10-14(6-7-16(15)25-12)21-18(23)13-4-2-8-22(11-13)19(24)17-5-3-9-26-17/h3,5-7,9-10,13H,2,4,8,11H2,1H3,(H,21,23). The fourth-order valence-corrected chi connectivity index (χ4v) is 3.99. The second-order valence-electron chi connectivity index (χ2n) is 6.47. The molecular weight excluding hydrogens is 350 g/mol. The highest BCUT2D eigenvalue weighted by atomic mass is 32.1. The lowest BCUT2D eigenvalue weighted by atomic mass is 9.97. The van der Waals surface area contributed by atoms with Crippen molar-refractivity contribution in [2.24, 2.45) is 5.92 Å². The number of thiophene rings is 1. The summed E-state index contributed by atoms with van der Waals surface area (Å²) >= 11 is 1.43. The van der Waals surface area contributed by atoms with Crippen LogP contribution >= 0.6 is 11.3 Å². The van der Waals surface area contributed by atoms with Crippen LogP contribution in [0.4, 0.5) is 5.69 Å². The minimum Gasteiger partial charge on any atom is -0.441 e. The first-order chi connectivity index (χ1) is 12.6. The second-order valence-corrected chi connectivity index (χ2v) is 7.42. The molecule has 1 unspecified atom stereocenters. The Morgan fingerprint density at radius 1 is 1.35 bits per heavy atom. The molecule has 7 heteroatoms. The van der Waals surface area contributed by atoms with Gasteiger partial charge in [0, 0.05) is 25.7 Å². The third-order valence-electron chi connectivity index (χ3n) is 4.57. The van der Waals surface area contributed by atoms with Crippen molar-refractivity contribution in [1.29, 1.82) is 0 Å². The molecule has 3 aromatic rings. The maximum Gasteiger partial charge on any atom is 0.263 e. The van der Waals surface area contributed by atoms with Crippen molar-refractivity contribution in [2.75, 3.05) is 18.4 Å². The van der Waals surface area contributed by atoms with E-state index < -0.39 is 0 Å². The molecule has 1 aromatic carbocycles. The molecule has 26 heavy (non-hydrogen) atoms. The van der Waals surface area contributed by atoms with Crippen molar-refractivity contribution in [3.05, 3.63) is 46.5 Å². The molecule has 0 aliphatic carbocycles. The zero-order chi connectivity index (χ0) is 18.1. The normalized spacial score (nSPS) is 17.4. The van der Waals surface area contributed by atoms with Crippen LogP contribution in [0.2, 0.25) is 0 Å². The summed E-state index contributed by atoms with van der Waals surface area (Å²) in [5.74, 6) is 0.339. The number of rotatable bonds is 3. The average Bonchev–Trinajstić information content (AvgIpc) is 3.29. The molecule has 0 saturated carbocycles. The van der Waals surface area contributed by atoms with E-state index in [9.17, 15) is 9.59 Å². The number of hydrogen-bond donors (Lipinski definition) is 1. The molecule has 2 amide bonds. The first-order valence-electron chi connectivity index (χ1n) is 8.61. The van der Waals surface area contributed by atoms with E-state index in [4.69, 9.17) is 4.42 Å². The number of carbonyl (C=O) groups excluding carboxylic acids is 2. The van der Waals surface area contributed by atoms with Gasteiger partial charge in [-0.2, -0.15) is 0 Å². The molecule has 0 radical (unpaired) electrons. The molecule has 1 aliphatic rings. The Labute approximate surface area is 154 Å². The molecule has 4 rings (SSSR count). The van der Waals surface area contributed by atoms with Crippen molar-refractivity contribution in [3.63, 3.8) is 0 Å². The minimum absolute atomic E-state index is 0.0111. The molecule has 1 aliphatic heterocycles. The molecule has 3 heterocycles. The number of piperidine rings is 1. The van der Waals surface area contributed by atoms with Crippen LogP contribution in [0.1, 0.15) is 28.4 Å². The quantitative estimate of drug-likeness (QED) is 0.764. The summed E-state index contributed by atoms with van der Waals surface area (Å²) in [5.41, 5.74) is 2.11. The Hall–Kier alpha value is -2.67. The Bertz CT molecular complexity index is 948. The minimum atomic E-state index is -0.206. The number of fused-ring (bicyclic) bond motifs is 1. The zero-order valence-corrected chi connectivity index (χ0v) is 15.2. The molecule has 2 aromatic heterocycles. The summed E-state index contributed by atoms with van der Waals surface area (Å²) in [6.07, 6.45) is 1.61. The van der Waals surface area contributed by atoms with Crippen molar-refractivity contribution in [2.45, 2.75) is 19.8 Å². The van der Waals surface area contributed by atoms with Gasteiger partial charge in [0.05, 0.1) is 10.8 Å². The van der Waals surface area contributed by atoms with E-state index in [0.717, 1.165) is 23.2 Å². The van der Waals surface area contributed by atoms with Crippen molar-refractivity contribution >= 4 is 39.9 Å². The van der Waals surface area contributed by atoms with Crippen LogP contribution in [-0.4, -0.2) is 34.8 Å². The summed E-state index contributed by atoms with van der Waals surface area (Å²) in [4.78, 5) is 32.0. The van der Waals surface area contributed by atoms with Crippen LogP contribution in [0.15, 0.2) is 40.1 Å². The lowest BCUT2D eigenvalue weighted by molar-refractivity contribution is -0.121. The van der Waals surface area contributed by atoms with E-state index in [1.807, 2.05) is 23.6 Å². The van der Waals surface area contributed by atoms with E-state index in [1.54, 1.807) is 24.0 Å². The number of oxazole rings is 1. The monoisotopic (exact) mass is 369 g/mol. The topological polar surface area (TPSA) is 75.4 Å². The summed E-state index contributed by atoms with van der Waals surface area (Å²) in [7, 11) is 0. The third-order valence-corrected chi connectivity index (χ3v) is 5.43. The summed E-state index contributed by atoms with van der Waals surface area (Å²) in [6.45, 7) is 2.94.